The second-order valence-corrected chi connectivity index (χ2v) is 5.65. The molecular weight excluding hydrogens is 292 g/mol. The fourth-order valence-electron chi connectivity index (χ4n) is 3.55. The Balaban J connectivity index is 0.00000400. The van der Waals surface area contributed by atoms with Crippen molar-refractivity contribution in [1.29, 1.82) is 0 Å². The van der Waals surface area contributed by atoms with E-state index < -0.39 is 6.04 Å². The summed E-state index contributed by atoms with van der Waals surface area (Å²) in [6.45, 7) is 7.35. The molecule has 2 N–H and O–H groups in total. The van der Waals surface area contributed by atoms with Gasteiger partial charge in [0.15, 0.2) is 0 Å². The lowest BCUT2D eigenvalue weighted by Gasteiger charge is -2.58. The number of rotatable bonds is 8. The quantitative estimate of drug-likeness (QED) is 0.740. The van der Waals surface area contributed by atoms with Crippen LogP contribution in [0, 0.1) is 5.41 Å². The van der Waals surface area contributed by atoms with Crippen molar-refractivity contribution in [3.8, 4) is 0 Å². The minimum Gasteiger partial charge on any atom is -0.383 e. The van der Waals surface area contributed by atoms with E-state index in [0.29, 0.717) is 0 Å². The number of carbonyl (C=O) groups excluding carboxylic acids is 1. The molecule has 126 valence electrons. The van der Waals surface area contributed by atoms with Crippen molar-refractivity contribution < 1.29 is 14.3 Å². The first-order valence-corrected chi connectivity index (χ1v) is 7.61. The molecule has 0 aromatic heterocycles. The van der Waals surface area contributed by atoms with Crippen LogP contribution < -0.4 is 5.73 Å². The van der Waals surface area contributed by atoms with Gasteiger partial charge < -0.3 is 20.1 Å². The summed E-state index contributed by atoms with van der Waals surface area (Å²) in [5.74, 6) is -0.0435. The molecular formula is C15H31ClN2O3. The molecule has 0 aromatic carbocycles. The summed E-state index contributed by atoms with van der Waals surface area (Å²) in [6.07, 6.45) is 3.17. The van der Waals surface area contributed by atoms with Crippen LogP contribution in [0.25, 0.3) is 0 Å². The summed E-state index contributed by atoms with van der Waals surface area (Å²) >= 11 is 0. The highest BCUT2D eigenvalue weighted by atomic mass is 35.5. The van der Waals surface area contributed by atoms with E-state index in [1.807, 2.05) is 18.9 Å². The molecule has 1 aliphatic rings. The molecule has 5 nitrogen and oxygen atoms in total. The maximum atomic E-state index is 12.3. The van der Waals surface area contributed by atoms with Crippen LogP contribution >= 0.6 is 12.4 Å². The molecule has 0 radical (unpaired) electrons. The number of halogens is 1. The summed E-state index contributed by atoms with van der Waals surface area (Å²) < 4.78 is 10.8. The lowest BCUT2D eigenvalue weighted by atomic mass is 9.58. The zero-order chi connectivity index (χ0) is 15.3. The van der Waals surface area contributed by atoms with Crippen molar-refractivity contribution in [1.82, 2.24) is 4.90 Å². The molecule has 3 atom stereocenters. The van der Waals surface area contributed by atoms with Gasteiger partial charge in [0.05, 0.1) is 12.7 Å². The molecule has 1 saturated carbocycles. The van der Waals surface area contributed by atoms with Crippen LogP contribution in [-0.4, -0.2) is 56.4 Å². The monoisotopic (exact) mass is 322 g/mol. The van der Waals surface area contributed by atoms with Crippen molar-refractivity contribution in [2.75, 3.05) is 27.4 Å². The first-order valence-electron chi connectivity index (χ1n) is 7.61. The van der Waals surface area contributed by atoms with Gasteiger partial charge in [-0.1, -0.05) is 13.8 Å². The maximum absolute atomic E-state index is 12.3. The smallest absolute Gasteiger partial charge is 0.241 e. The van der Waals surface area contributed by atoms with E-state index in [1.54, 1.807) is 7.11 Å². The minimum absolute atomic E-state index is 0. The summed E-state index contributed by atoms with van der Waals surface area (Å²) in [4.78, 5) is 14.1. The van der Waals surface area contributed by atoms with Gasteiger partial charge in [0, 0.05) is 32.2 Å². The fourth-order valence-corrected chi connectivity index (χ4v) is 3.55. The highest BCUT2D eigenvalue weighted by Gasteiger charge is 2.55. The Bertz CT molecular complexity index is 324. The van der Waals surface area contributed by atoms with Gasteiger partial charge in [-0.25, -0.2) is 0 Å². The number of amides is 1. The molecule has 0 saturated heterocycles. The number of carbonyl (C=O) groups is 1. The van der Waals surface area contributed by atoms with Crippen molar-refractivity contribution in [3.63, 3.8) is 0 Å². The largest absolute Gasteiger partial charge is 0.383 e. The molecule has 0 spiro atoms. The first-order chi connectivity index (χ1) is 9.48. The molecule has 1 aliphatic carbocycles. The number of methoxy groups -OCH3 is 1. The van der Waals surface area contributed by atoms with Gasteiger partial charge in [0.2, 0.25) is 5.91 Å². The Kier molecular flexibility index (Phi) is 8.78. The van der Waals surface area contributed by atoms with E-state index in [4.69, 9.17) is 15.2 Å². The first kappa shape index (κ1) is 20.6. The van der Waals surface area contributed by atoms with E-state index in [9.17, 15) is 4.79 Å². The summed E-state index contributed by atoms with van der Waals surface area (Å²) in [5, 5.41) is 0. The average Bonchev–Trinajstić information content (AvgIpc) is 2.43. The molecule has 0 aromatic rings. The predicted octanol–water partition coefficient (Wildman–Crippen LogP) is 1.82. The van der Waals surface area contributed by atoms with Crippen molar-refractivity contribution in [2.45, 2.75) is 58.2 Å². The number of ether oxygens (including phenoxy) is 2. The highest BCUT2D eigenvalue weighted by molar-refractivity contribution is 5.85. The molecule has 0 aliphatic heterocycles. The average molecular weight is 323 g/mol. The second kappa shape index (κ2) is 8.93. The lowest BCUT2D eigenvalue weighted by molar-refractivity contribution is -0.178. The lowest BCUT2D eigenvalue weighted by Crippen LogP contribution is -2.66. The van der Waals surface area contributed by atoms with Crippen LogP contribution in [0.4, 0.5) is 0 Å². The Morgan fingerprint density at radius 1 is 1.38 bits per heavy atom. The Morgan fingerprint density at radius 3 is 2.38 bits per heavy atom. The van der Waals surface area contributed by atoms with E-state index in [1.165, 1.54) is 0 Å². The standard InChI is InChI=1S/C15H30N2O3.ClH/c1-6-15(7-2)12(9-13(15)20-8-3)17(4)14(18)11(16)10-19-5;/h11-13H,6-10,16H2,1-5H3;1H. The van der Waals surface area contributed by atoms with Crippen molar-refractivity contribution in [3.05, 3.63) is 0 Å². The number of nitrogens with two attached hydrogens (primary N) is 1. The fraction of sp³-hybridized carbons (Fsp3) is 0.933. The molecule has 0 bridgehead atoms. The topological polar surface area (TPSA) is 64.8 Å². The second-order valence-electron chi connectivity index (χ2n) is 5.65. The van der Waals surface area contributed by atoms with Gasteiger partial charge in [-0.15, -0.1) is 12.4 Å². The normalized spacial score (nSPS) is 24.7. The summed E-state index contributed by atoms with van der Waals surface area (Å²) in [6, 6.07) is -0.369. The molecule has 21 heavy (non-hydrogen) atoms. The van der Waals surface area contributed by atoms with E-state index in [-0.39, 0.29) is 42.5 Å². The molecule has 0 heterocycles. The van der Waals surface area contributed by atoms with Crippen LogP contribution in [0.5, 0.6) is 0 Å². The zero-order valence-electron chi connectivity index (χ0n) is 13.9. The molecule has 1 amide bonds. The highest BCUT2D eigenvalue weighted by Crippen LogP contribution is 2.51. The summed E-state index contributed by atoms with van der Waals surface area (Å²) in [7, 11) is 3.41. The van der Waals surface area contributed by atoms with Gasteiger partial charge in [0.1, 0.15) is 6.04 Å². The van der Waals surface area contributed by atoms with Gasteiger partial charge in [-0.3, -0.25) is 4.79 Å². The van der Waals surface area contributed by atoms with E-state index in [2.05, 4.69) is 13.8 Å². The Hall–Kier alpha value is -0.360. The molecule has 1 rings (SSSR count). The molecule has 3 unspecified atom stereocenters. The molecule has 6 heteroatoms. The van der Waals surface area contributed by atoms with Crippen molar-refractivity contribution >= 4 is 18.3 Å². The predicted molar refractivity (Wildman–Crippen MR) is 86.7 cm³/mol. The van der Waals surface area contributed by atoms with Gasteiger partial charge in [-0.05, 0) is 26.2 Å². The van der Waals surface area contributed by atoms with Crippen molar-refractivity contribution in [2.24, 2.45) is 11.1 Å². The van der Waals surface area contributed by atoms with Crippen LogP contribution in [0.3, 0.4) is 0 Å². The SMILES string of the molecule is CCOC1CC(N(C)C(=O)C(N)COC)C1(CC)CC.Cl. The van der Waals surface area contributed by atoms with Crippen LogP contribution in [0.1, 0.15) is 40.0 Å². The van der Waals surface area contributed by atoms with Gasteiger partial charge >= 0.3 is 0 Å². The van der Waals surface area contributed by atoms with Crippen LogP contribution in [0.15, 0.2) is 0 Å². The van der Waals surface area contributed by atoms with E-state index >= 15 is 0 Å². The molecule has 1 fully saturated rings. The third-order valence-corrected chi connectivity index (χ3v) is 4.91. The number of likely N-dealkylation sites (N-methyl/N-ethyl adjacent to an activating group) is 1. The van der Waals surface area contributed by atoms with E-state index in [0.717, 1.165) is 25.9 Å². The Labute approximate surface area is 134 Å². The number of hydrogen-bond donors (Lipinski definition) is 1. The van der Waals surface area contributed by atoms with Crippen LogP contribution in [-0.2, 0) is 14.3 Å². The summed E-state index contributed by atoms with van der Waals surface area (Å²) in [5.41, 5.74) is 5.93. The third-order valence-electron chi connectivity index (χ3n) is 4.91. The minimum atomic E-state index is -0.581. The Morgan fingerprint density at radius 2 is 1.95 bits per heavy atom. The van der Waals surface area contributed by atoms with Crippen LogP contribution in [0.2, 0.25) is 0 Å². The number of nitrogens with zero attached hydrogens (tertiary/aromatic N) is 1. The number of hydrogen-bond acceptors (Lipinski definition) is 4. The van der Waals surface area contributed by atoms with Gasteiger partial charge in [0.25, 0.3) is 0 Å². The maximum Gasteiger partial charge on any atom is 0.241 e. The van der Waals surface area contributed by atoms with Gasteiger partial charge in [-0.2, -0.15) is 0 Å². The zero-order valence-corrected chi connectivity index (χ0v) is 14.7. The third kappa shape index (κ3) is 3.89.